The molecule has 0 aliphatic carbocycles. The third kappa shape index (κ3) is 7.77. The lowest BCUT2D eigenvalue weighted by Gasteiger charge is -2.07. The van der Waals surface area contributed by atoms with E-state index in [0.717, 1.165) is 11.1 Å². The van der Waals surface area contributed by atoms with Gasteiger partial charge in [0.15, 0.2) is 0 Å². The van der Waals surface area contributed by atoms with Crippen molar-refractivity contribution in [1.29, 1.82) is 0 Å². The van der Waals surface area contributed by atoms with E-state index in [9.17, 15) is 9.59 Å². The van der Waals surface area contributed by atoms with Gasteiger partial charge in [-0.2, -0.15) is 5.10 Å². The van der Waals surface area contributed by atoms with Crippen LogP contribution in [0.15, 0.2) is 53.6 Å². The number of ether oxygens (including phenoxy) is 2. The summed E-state index contributed by atoms with van der Waals surface area (Å²) in [6, 6.07) is 14.6. The predicted octanol–water partition coefficient (Wildman–Crippen LogP) is 2.52. The summed E-state index contributed by atoms with van der Waals surface area (Å²) in [5, 5.41) is 6.91. The van der Waals surface area contributed by atoms with Gasteiger partial charge < -0.3 is 14.8 Å². The fourth-order valence-corrected chi connectivity index (χ4v) is 2.37. The average molecular weight is 404 g/mol. The monoisotopic (exact) mass is 403 g/mol. The van der Waals surface area contributed by atoms with Crippen LogP contribution in [0, 0.1) is 0 Å². The summed E-state index contributed by atoms with van der Waals surface area (Å²) >= 11 is 5.95. The number of carbonyl (C=O) groups is 2. The molecule has 28 heavy (non-hydrogen) atoms. The summed E-state index contributed by atoms with van der Waals surface area (Å²) in [5.41, 5.74) is 3.90. The molecule has 0 bridgehead atoms. The van der Waals surface area contributed by atoms with E-state index in [0.29, 0.717) is 37.0 Å². The molecule has 2 N–H and O–H groups in total. The smallest absolute Gasteiger partial charge is 0.329 e. The normalized spacial score (nSPS) is 10.6. The Morgan fingerprint density at radius 1 is 1.14 bits per heavy atom. The minimum absolute atomic E-state index is 0.362. The van der Waals surface area contributed by atoms with Crippen molar-refractivity contribution in [1.82, 2.24) is 10.7 Å². The molecule has 8 heteroatoms. The number of hydrogen-bond acceptors (Lipinski definition) is 5. The van der Waals surface area contributed by atoms with Crippen LogP contribution in [0.2, 0.25) is 5.02 Å². The second kappa shape index (κ2) is 11.7. The first kappa shape index (κ1) is 21.4. The van der Waals surface area contributed by atoms with Crippen LogP contribution in [0.4, 0.5) is 0 Å². The lowest BCUT2D eigenvalue weighted by Crippen LogP contribution is -2.38. The SMILES string of the molecule is COCCCNC(=O)C(=O)N/N=C\c1ccc(OCc2cccc(Cl)c2)cc1. The summed E-state index contributed by atoms with van der Waals surface area (Å²) in [5.74, 6) is -0.871. The van der Waals surface area contributed by atoms with Gasteiger partial charge in [-0.05, 0) is 53.9 Å². The summed E-state index contributed by atoms with van der Waals surface area (Å²) in [7, 11) is 1.57. The highest BCUT2D eigenvalue weighted by Gasteiger charge is 2.11. The average Bonchev–Trinajstić information content (AvgIpc) is 2.70. The molecule has 0 fully saturated rings. The number of rotatable bonds is 9. The first-order valence-corrected chi connectivity index (χ1v) is 9.04. The number of amides is 2. The summed E-state index contributed by atoms with van der Waals surface area (Å²) in [4.78, 5) is 23.1. The van der Waals surface area contributed by atoms with Gasteiger partial charge >= 0.3 is 11.8 Å². The standard InChI is InChI=1S/C20H22ClN3O4/c1-27-11-3-10-22-19(25)20(26)24-23-13-15-6-8-18(9-7-15)28-14-16-4-2-5-17(21)12-16/h2,4-9,12-13H,3,10-11,14H2,1H3,(H,22,25)(H,24,26)/b23-13-. The Labute approximate surface area is 168 Å². The molecule has 0 spiro atoms. The number of methoxy groups -OCH3 is 1. The van der Waals surface area contributed by atoms with Gasteiger partial charge in [0.25, 0.3) is 0 Å². The van der Waals surface area contributed by atoms with Gasteiger partial charge in [-0.25, -0.2) is 5.43 Å². The first-order chi connectivity index (χ1) is 13.6. The molecule has 0 aliphatic rings. The molecule has 148 valence electrons. The Kier molecular flexibility index (Phi) is 8.97. The van der Waals surface area contributed by atoms with Crippen LogP contribution < -0.4 is 15.5 Å². The van der Waals surface area contributed by atoms with Crippen molar-refractivity contribution in [3.05, 3.63) is 64.7 Å². The molecule has 0 radical (unpaired) electrons. The summed E-state index contributed by atoms with van der Waals surface area (Å²) in [6.07, 6.45) is 2.07. The molecule has 0 atom stereocenters. The lowest BCUT2D eigenvalue weighted by atomic mass is 10.2. The maximum atomic E-state index is 11.6. The number of benzene rings is 2. The van der Waals surface area contributed by atoms with Gasteiger partial charge in [-0.3, -0.25) is 9.59 Å². The molecule has 0 saturated carbocycles. The highest BCUT2D eigenvalue weighted by Crippen LogP contribution is 2.15. The molecule has 2 aromatic rings. The maximum absolute atomic E-state index is 11.6. The van der Waals surface area contributed by atoms with E-state index in [4.69, 9.17) is 21.1 Å². The predicted molar refractivity (Wildman–Crippen MR) is 107 cm³/mol. The van der Waals surface area contributed by atoms with E-state index in [1.165, 1.54) is 6.21 Å². The van der Waals surface area contributed by atoms with Gasteiger partial charge in [-0.1, -0.05) is 23.7 Å². The topological polar surface area (TPSA) is 89.0 Å². The van der Waals surface area contributed by atoms with Gasteiger partial charge in [0.05, 0.1) is 6.21 Å². The molecule has 0 aromatic heterocycles. The van der Waals surface area contributed by atoms with E-state index in [2.05, 4.69) is 15.8 Å². The molecule has 2 amide bonds. The highest BCUT2D eigenvalue weighted by atomic mass is 35.5. The fourth-order valence-electron chi connectivity index (χ4n) is 2.16. The summed E-state index contributed by atoms with van der Waals surface area (Å²) < 4.78 is 10.6. The van der Waals surface area contributed by atoms with Crippen molar-refractivity contribution in [3.63, 3.8) is 0 Å². The quantitative estimate of drug-likeness (QED) is 0.291. The molecular formula is C20H22ClN3O4. The molecule has 0 unspecified atom stereocenters. The Hall–Kier alpha value is -2.90. The van der Waals surface area contributed by atoms with Gasteiger partial charge in [0.1, 0.15) is 12.4 Å². The van der Waals surface area contributed by atoms with Crippen LogP contribution in [0.1, 0.15) is 17.5 Å². The Bertz CT molecular complexity index is 809. The fraction of sp³-hybridized carbons (Fsp3) is 0.250. The number of halogens is 1. The zero-order chi connectivity index (χ0) is 20.2. The lowest BCUT2D eigenvalue weighted by molar-refractivity contribution is -0.139. The van der Waals surface area contributed by atoms with Gasteiger partial charge in [0.2, 0.25) is 0 Å². The maximum Gasteiger partial charge on any atom is 0.329 e. The Balaban J connectivity index is 1.75. The number of carbonyl (C=O) groups excluding carboxylic acids is 2. The molecule has 0 aliphatic heterocycles. The molecule has 0 saturated heterocycles. The van der Waals surface area contributed by atoms with Gasteiger partial charge in [-0.15, -0.1) is 0 Å². The van der Waals surface area contributed by atoms with Crippen molar-refractivity contribution in [2.24, 2.45) is 5.10 Å². The molecule has 7 nitrogen and oxygen atoms in total. The van der Waals surface area contributed by atoms with Crippen molar-refractivity contribution < 1.29 is 19.1 Å². The third-order valence-corrected chi connectivity index (χ3v) is 3.81. The second-order valence-corrected chi connectivity index (χ2v) is 6.23. The van der Waals surface area contributed by atoms with Crippen molar-refractivity contribution in [2.75, 3.05) is 20.3 Å². The number of nitrogens with one attached hydrogen (secondary N) is 2. The third-order valence-electron chi connectivity index (χ3n) is 3.57. The zero-order valence-electron chi connectivity index (χ0n) is 15.5. The van der Waals surface area contributed by atoms with E-state index in [1.807, 2.05) is 24.3 Å². The van der Waals surface area contributed by atoms with Crippen molar-refractivity contribution >= 4 is 29.6 Å². The minimum atomic E-state index is -0.824. The number of hydrogen-bond donors (Lipinski definition) is 2. The zero-order valence-corrected chi connectivity index (χ0v) is 16.2. The first-order valence-electron chi connectivity index (χ1n) is 8.66. The second-order valence-electron chi connectivity index (χ2n) is 5.79. The van der Waals surface area contributed by atoms with Gasteiger partial charge in [0, 0.05) is 25.3 Å². The van der Waals surface area contributed by atoms with Crippen LogP contribution in [-0.4, -0.2) is 38.3 Å². The minimum Gasteiger partial charge on any atom is -0.489 e. The molecule has 2 aromatic carbocycles. The summed E-state index contributed by atoms with van der Waals surface area (Å²) in [6.45, 7) is 1.28. The van der Waals surface area contributed by atoms with Crippen LogP contribution >= 0.6 is 11.6 Å². The highest BCUT2D eigenvalue weighted by molar-refractivity contribution is 6.35. The molecule has 0 heterocycles. The van der Waals surface area contributed by atoms with E-state index in [1.54, 1.807) is 31.4 Å². The van der Waals surface area contributed by atoms with E-state index >= 15 is 0 Å². The number of nitrogens with zero attached hydrogens (tertiary/aromatic N) is 1. The van der Waals surface area contributed by atoms with E-state index in [-0.39, 0.29) is 0 Å². The van der Waals surface area contributed by atoms with Crippen LogP contribution in [0.3, 0.4) is 0 Å². The van der Waals surface area contributed by atoms with Crippen LogP contribution in [0.25, 0.3) is 0 Å². The largest absolute Gasteiger partial charge is 0.489 e. The Morgan fingerprint density at radius 2 is 1.93 bits per heavy atom. The number of hydrazone groups is 1. The molecule has 2 rings (SSSR count). The van der Waals surface area contributed by atoms with E-state index < -0.39 is 11.8 Å². The van der Waals surface area contributed by atoms with Crippen molar-refractivity contribution in [3.8, 4) is 5.75 Å². The molecular weight excluding hydrogens is 382 g/mol. The van der Waals surface area contributed by atoms with Crippen LogP contribution in [-0.2, 0) is 20.9 Å². The van der Waals surface area contributed by atoms with Crippen molar-refractivity contribution in [2.45, 2.75) is 13.0 Å². The Morgan fingerprint density at radius 3 is 2.64 bits per heavy atom. The van der Waals surface area contributed by atoms with Crippen LogP contribution in [0.5, 0.6) is 5.75 Å².